The standard InChI is InChI=1S/C25H23ClFN5O/c1-15-29-21-13-22(32-11-3-4-17(14-32)16-7-9-28-10-8-16)30-24(23(21)25(33)31(15)2)19-6-5-18(26)12-20(19)27/h5-10,12-13,17H,3-4,11,14H2,1-2H3. The number of halogens is 2. The molecule has 4 heterocycles. The highest BCUT2D eigenvalue weighted by Crippen LogP contribution is 2.34. The molecule has 0 radical (unpaired) electrons. The Bertz CT molecular complexity index is 1410. The number of piperidine rings is 1. The van der Waals surface area contributed by atoms with E-state index in [2.05, 4.69) is 14.9 Å². The first-order valence-electron chi connectivity index (χ1n) is 10.9. The van der Waals surface area contributed by atoms with Crippen LogP contribution in [0.1, 0.15) is 30.1 Å². The molecule has 8 heteroatoms. The van der Waals surface area contributed by atoms with Crippen LogP contribution in [0, 0.1) is 12.7 Å². The summed E-state index contributed by atoms with van der Waals surface area (Å²) in [5, 5.41) is 0.588. The van der Waals surface area contributed by atoms with Gasteiger partial charge in [0.25, 0.3) is 5.56 Å². The number of rotatable bonds is 3. The second kappa shape index (κ2) is 8.56. The Morgan fingerprint density at radius 2 is 1.91 bits per heavy atom. The lowest BCUT2D eigenvalue weighted by Gasteiger charge is -2.34. The lowest BCUT2D eigenvalue weighted by molar-refractivity contribution is 0.507. The quantitative estimate of drug-likeness (QED) is 0.433. The Morgan fingerprint density at radius 1 is 1.12 bits per heavy atom. The number of pyridine rings is 2. The lowest BCUT2D eigenvalue weighted by Crippen LogP contribution is -2.35. The first-order valence-corrected chi connectivity index (χ1v) is 11.3. The first kappa shape index (κ1) is 21.5. The Labute approximate surface area is 195 Å². The molecule has 5 rings (SSSR count). The van der Waals surface area contributed by atoms with E-state index in [1.54, 1.807) is 26.1 Å². The first-order chi connectivity index (χ1) is 15.9. The maximum Gasteiger partial charge on any atom is 0.263 e. The molecular weight excluding hydrogens is 441 g/mol. The van der Waals surface area contributed by atoms with E-state index in [4.69, 9.17) is 16.6 Å². The van der Waals surface area contributed by atoms with Gasteiger partial charge < -0.3 is 4.90 Å². The normalized spacial score (nSPS) is 16.4. The van der Waals surface area contributed by atoms with Gasteiger partial charge in [0.05, 0.1) is 16.6 Å². The number of anilines is 1. The van der Waals surface area contributed by atoms with Crippen molar-refractivity contribution in [2.45, 2.75) is 25.7 Å². The number of fused-ring (bicyclic) bond motifs is 1. The van der Waals surface area contributed by atoms with E-state index >= 15 is 0 Å². The van der Waals surface area contributed by atoms with Crippen molar-refractivity contribution in [3.05, 3.63) is 81.4 Å². The van der Waals surface area contributed by atoms with Gasteiger partial charge in [-0.25, -0.2) is 14.4 Å². The van der Waals surface area contributed by atoms with Gasteiger partial charge in [-0.05, 0) is 55.7 Å². The van der Waals surface area contributed by atoms with Gasteiger partial charge in [-0.1, -0.05) is 11.6 Å². The van der Waals surface area contributed by atoms with Gasteiger partial charge in [0.2, 0.25) is 0 Å². The van der Waals surface area contributed by atoms with E-state index in [9.17, 15) is 9.18 Å². The van der Waals surface area contributed by atoms with Crippen molar-refractivity contribution in [3.8, 4) is 11.3 Å². The minimum Gasteiger partial charge on any atom is -0.356 e. The largest absolute Gasteiger partial charge is 0.356 e. The van der Waals surface area contributed by atoms with Crippen LogP contribution < -0.4 is 10.5 Å². The molecule has 6 nitrogen and oxygen atoms in total. The molecule has 0 aliphatic carbocycles. The van der Waals surface area contributed by atoms with Crippen molar-refractivity contribution >= 4 is 28.3 Å². The van der Waals surface area contributed by atoms with Gasteiger partial charge in [0.1, 0.15) is 17.5 Å². The van der Waals surface area contributed by atoms with Crippen LogP contribution in [0.3, 0.4) is 0 Å². The van der Waals surface area contributed by atoms with Crippen LogP contribution in [0.4, 0.5) is 10.2 Å². The number of aromatic nitrogens is 4. The molecule has 0 N–H and O–H groups in total. The van der Waals surface area contributed by atoms with E-state index in [0.29, 0.717) is 28.5 Å². The number of hydrogen-bond acceptors (Lipinski definition) is 5. The molecule has 1 aromatic carbocycles. The van der Waals surface area contributed by atoms with Gasteiger partial charge in [-0.2, -0.15) is 0 Å². The van der Waals surface area contributed by atoms with Crippen LogP contribution in [0.2, 0.25) is 5.02 Å². The summed E-state index contributed by atoms with van der Waals surface area (Å²) >= 11 is 5.98. The van der Waals surface area contributed by atoms with E-state index in [0.717, 1.165) is 25.9 Å². The van der Waals surface area contributed by atoms with Crippen molar-refractivity contribution < 1.29 is 4.39 Å². The van der Waals surface area contributed by atoms with Crippen molar-refractivity contribution in [1.82, 2.24) is 19.5 Å². The zero-order chi connectivity index (χ0) is 23.1. The Hall–Kier alpha value is -3.32. The van der Waals surface area contributed by atoms with Crippen LogP contribution in [-0.4, -0.2) is 32.6 Å². The van der Waals surface area contributed by atoms with Gasteiger partial charge in [0.15, 0.2) is 0 Å². The molecule has 1 fully saturated rings. The monoisotopic (exact) mass is 463 g/mol. The third-order valence-electron chi connectivity index (χ3n) is 6.38. The maximum atomic E-state index is 15.0. The molecule has 0 amide bonds. The van der Waals surface area contributed by atoms with Crippen LogP contribution in [-0.2, 0) is 7.05 Å². The fourth-order valence-corrected chi connectivity index (χ4v) is 4.67. The average molecular weight is 464 g/mol. The fourth-order valence-electron chi connectivity index (χ4n) is 4.51. The summed E-state index contributed by atoms with van der Waals surface area (Å²) in [4.78, 5) is 28.9. The molecule has 0 bridgehead atoms. The van der Waals surface area contributed by atoms with E-state index in [-0.39, 0.29) is 21.8 Å². The van der Waals surface area contributed by atoms with Crippen molar-refractivity contribution in [1.29, 1.82) is 0 Å². The lowest BCUT2D eigenvalue weighted by atomic mass is 9.91. The molecule has 4 aromatic rings. The predicted octanol–water partition coefficient (Wildman–Crippen LogP) is 4.88. The zero-order valence-electron chi connectivity index (χ0n) is 18.4. The molecule has 3 aromatic heterocycles. The fraction of sp³-hybridized carbons (Fsp3) is 0.280. The van der Waals surface area contributed by atoms with Gasteiger partial charge >= 0.3 is 0 Å². The molecule has 33 heavy (non-hydrogen) atoms. The highest BCUT2D eigenvalue weighted by Gasteiger charge is 2.25. The summed E-state index contributed by atoms with van der Waals surface area (Å²) in [7, 11) is 1.66. The molecule has 1 aliphatic heterocycles. The van der Waals surface area contributed by atoms with Crippen molar-refractivity contribution in [3.63, 3.8) is 0 Å². The van der Waals surface area contributed by atoms with E-state index in [1.165, 1.54) is 16.2 Å². The van der Waals surface area contributed by atoms with Crippen LogP contribution in [0.5, 0.6) is 0 Å². The second-order valence-electron chi connectivity index (χ2n) is 8.44. The Balaban J connectivity index is 1.67. The molecule has 168 valence electrons. The van der Waals surface area contributed by atoms with E-state index in [1.807, 2.05) is 30.6 Å². The minimum absolute atomic E-state index is 0.233. The molecule has 1 atom stereocenters. The molecule has 1 saturated heterocycles. The molecule has 0 saturated carbocycles. The summed E-state index contributed by atoms with van der Waals surface area (Å²) in [5.41, 5.74) is 2.01. The van der Waals surface area contributed by atoms with Gasteiger partial charge in [-0.15, -0.1) is 0 Å². The summed E-state index contributed by atoms with van der Waals surface area (Å²) in [5.74, 6) is 1.09. The third-order valence-corrected chi connectivity index (χ3v) is 6.62. The smallest absolute Gasteiger partial charge is 0.263 e. The summed E-state index contributed by atoms with van der Waals surface area (Å²) in [6.07, 6.45) is 5.70. The molecule has 1 aliphatic rings. The maximum absolute atomic E-state index is 15.0. The number of nitrogens with zero attached hydrogens (tertiary/aromatic N) is 5. The van der Waals surface area contributed by atoms with Crippen LogP contribution >= 0.6 is 11.6 Å². The summed E-state index contributed by atoms with van der Waals surface area (Å²) in [6, 6.07) is 10.3. The predicted molar refractivity (Wildman–Crippen MR) is 128 cm³/mol. The zero-order valence-corrected chi connectivity index (χ0v) is 19.2. The SMILES string of the molecule is Cc1nc2cc(N3CCCC(c4ccncc4)C3)nc(-c3ccc(Cl)cc3F)c2c(=O)n1C. The minimum atomic E-state index is -0.524. The highest BCUT2D eigenvalue weighted by atomic mass is 35.5. The molecule has 1 unspecified atom stereocenters. The third kappa shape index (κ3) is 3.97. The van der Waals surface area contributed by atoms with Gasteiger partial charge in [-0.3, -0.25) is 14.3 Å². The average Bonchev–Trinajstić information content (AvgIpc) is 2.82. The topological polar surface area (TPSA) is 63.9 Å². The van der Waals surface area contributed by atoms with E-state index < -0.39 is 5.82 Å². The Morgan fingerprint density at radius 3 is 2.67 bits per heavy atom. The highest BCUT2D eigenvalue weighted by molar-refractivity contribution is 6.30. The van der Waals surface area contributed by atoms with Crippen LogP contribution in [0.15, 0.2) is 53.6 Å². The number of aryl methyl sites for hydroxylation is 1. The number of hydrogen-bond donors (Lipinski definition) is 0. The summed E-state index contributed by atoms with van der Waals surface area (Å²) < 4.78 is 16.4. The van der Waals surface area contributed by atoms with Crippen molar-refractivity contribution in [2.24, 2.45) is 7.05 Å². The number of benzene rings is 1. The van der Waals surface area contributed by atoms with Crippen LogP contribution in [0.25, 0.3) is 22.2 Å². The molecular formula is C25H23ClFN5O. The second-order valence-corrected chi connectivity index (χ2v) is 8.87. The summed E-state index contributed by atoms with van der Waals surface area (Å²) in [6.45, 7) is 3.38. The van der Waals surface area contributed by atoms with Crippen molar-refractivity contribution in [2.75, 3.05) is 18.0 Å². The Kier molecular flexibility index (Phi) is 5.58. The molecule has 0 spiro atoms. The van der Waals surface area contributed by atoms with Gasteiger partial charge in [0, 0.05) is 55.1 Å².